The maximum Gasteiger partial charge on any atom is 0.240 e. The summed E-state index contributed by atoms with van der Waals surface area (Å²) in [5, 5.41) is 6.52. The number of halogens is 1. The molecule has 0 aliphatic carbocycles. The summed E-state index contributed by atoms with van der Waals surface area (Å²) in [5.41, 5.74) is 0.944. The fourth-order valence-electron chi connectivity index (χ4n) is 2.15. The van der Waals surface area contributed by atoms with Gasteiger partial charge in [0.05, 0.1) is 18.0 Å². The van der Waals surface area contributed by atoms with Crippen LogP contribution in [0.25, 0.3) is 0 Å². The van der Waals surface area contributed by atoms with Crippen molar-refractivity contribution in [3.8, 4) is 0 Å². The number of rotatable bonds is 7. The highest BCUT2D eigenvalue weighted by Gasteiger charge is 2.10. The Labute approximate surface area is 176 Å². The molecule has 144 valence electrons. The first-order valence-corrected chi connectivity index (χ1v) is 10.3. The molecule has 0 aliphatic rings. The molecule has 0 aliphatic heterocycles. The summed E-state index contributed by atoms with van der Waals surface area (Å²) in [7, 11) is -2.00. The monoisotopic (exact) mass is 508 g/mol. The third kappa shape index (κ3) is 6.86. The van der Waals surface area contributed by atoms with Crippen molar-refractivity contribution in [1.82, 2.24) is 15.4 Å². The van der Waals surface area contributed by atoms with Gasteiger partial charge in [-0.25, -0.2) is 18.1 Å². The van der Waals surface area contributed by atoms with Crippen LogP contribution in [0.4, 0.5) is 0 Å². The quantitative estimate of drug-likeness (QED) is 0.305. The van der Waals surface area contributed by atoms with Gasteiger partial charge in [0.25, 0.3) is 0 Å². The van der Waals surface area contributed by atoms with Crippen molar-refractivity contribution in [2.75, 3.05) is 13.6 Å². The highest BCUT2D eigenvalue weighted by Crippen LogP contribution is 2.14. The molecule has 1 heterocycles. The minimum absolute atomic E-state index is 0. The van der Waals surface area contributed by atoms with Crippen LogP contribution in [0.2, 0.25) is 0 Å². The molecule has 0 unspecified atom stereocenters. The molecule has 0 saturated carbocycles. The van der Waals surface area contributed by atoms with Gasteiger partial charge in [0.1, 0.15) is 0 Å². The predicted octanol–water partition coefficient (Wildman–Crippen LogP) is 2.84. The van der Waals surface area contributed by atoms with Crippen molar-refractivity contribution in [1.29, 1.82) is 0 Å². The van der Waals surface area contributed by atoms with Gasteiger partial charge in [-0.2, -0.15) is 0 Å². The van der Waals surface area contributed by atoms with Crippen LogP contribution in [-0.2, 0) is 23.1 Å². The standard InChI is InChI=1S/C17H24N4O2S2.HI/c1-4-19-17(21-12-15-8-5-13(2)24-15)20-11-14-6-9-16(10-7-14)25(22,23)18-3;/h5-10,18H,4,11-12H2,1-3H3,(H2,19,20,21);1H. The van der Waals surface area contributed by atoms with E-state index in [1.54, 1.807) is 35.6 Å². The smallest absolute Gasteiger partial charge is 0.240 e. The van der Waals surface area contributed by atoms with Crippen LogP contribution >= 0.6 is 35.3 Å². The largest absolute Gasteiger partial charge is 0.357 e. The number of sulfonamides is 1. The van der Waals surface area contributed by atoms with Crippen molar-refractivity contribution in [2.24, 2.45) is 4.99 Å². The lowest BCUT2D eigenvalue weighted by atomic mass is 10.2. The third-order valence-corrected chi connectivity index (χ3v) is 5.92. The first kappa shape index (κ1) is 22.9. The Morgan fingerprint density at radius 3 is 2.35 bits per heavy atom. The SMILES string of the molecule is CCNC(=NCc1ccc(S(=O)(=O)NC)cc1)NCc1ccc(C)s1.I. The fourth-order valence-corrected chi connectivity index (χ4v) is 3.72. The zero-order chi connectivity index (χ0) is 18.3. The topological polar surface area (TPSA) is 82.6 Å². The number of hydrogen-bond donors (Lipinski definition) is 3. The van der Waals surface area contributed by atoms with Gasteiger partial charge >= 0.3 is 0 Å². The summed E-state index contributed by atoms with van der Waals surface area (Å²) >= 11 is 1.76. The van der Waals surface area contributed by atoms with Crippen molar-refractivity contribution >= 4 is 51.3 Å². The van der Waals surface area contributed by atoms with E-state index in [9.17, 15) is 8.42 Å². The van der Waals surface area contributed by atoms with E-state index < -0.39 is 10.0 Å². The molecule has 0 amide bonds. The molecule has 0 atom stereocenters. The summed E-state index contributed by atoms with van der Waals surface area (Å²) in [5.74, 6) is 0.737. The highest BCUT2D eigenvalue weighted by molar-refractivity contribution is 14.0. The van der Waals surface area contributed by atoms with Gasteiger partial charge in [-0.1, -0.05) is 12.1 Å². The second kappa shape index (κ2) is 10.9. The van der Waals surface area contributed by atoms with E-state index in [0.29, 0.717) is 6.54 Å². The summed E-state index contributed by atoms with van der Waals surface area (Å²) in [6, 6.07) is 10.9. The first-order valence-electron chi connectivity index (χ1n) is 8.04. The number of aryl methyl sites for hydroxylation is 1. The number of aliphatic imine (C=N–C) groups is 1. The molecule has 0 radical (unpaired) electrons. The van der Waals surface area contributed by atoms with E-state index in [0.717, 1.165) is 24.6 Å². The average molecular weight is 508 g/mol. The lowest BCUT2D eigenvalue weighted by Gasteiger charge is -2.10. The van der Waals surface area contributed by atoms with E-state index in [1.165, 1.54) is 16.8 Å². The molecular formula is C17H25IN4O2S2. The summed E-state index contributed by atoms with van der Waals surface area (Å²) in [6.45, 7) is 6.08. The zero-order valence-corrected chi connectivity index (χ0v) is 19.0. The maximum absolute atomic E-state index is 11.7. The van der Waals surface area contributed by atoms with Crippen molar-refractivity contribution in [3.63, 3.8) is 0 Å². The van der Waals surface area contributed by atoms with Gasteiger partial charge in [-0.05, 0) is 50.7 Å². The molecule has 0 saturated heterocycles. The average Bonchev–Trinajstić information content (AvgIpc) is 3.03. The predicted molar refractivity (Wildman–Crippen MR) is 119 cm³/mol. The molecule has 0 bridgehead atoms. The summed E-state index contributed by atoms with van der Waals surface area (Å²) in [6.07, 6.45) is 0. The molecule has 9 heteroatoms. The van der Waals surface area contributed by atoms with Gasteiger partial charge in [-0.3, -0.25) is 0 Å². The molecule has 0 fully saturated rings. The van der Waals surface area contributed by atoms with Crippen molar-refractivity contribution < 1.29 is 8.42 Å². The Morgan fingerprint density at radius 2 is 1.81 bits per heavy atom. The van der Waals surface area contributed by atoms with Crippen LogP contribution in [-0.4, -0.2) is 28.0 Å². The van der Waals surface area contributed by atoms with Crippen LogP contribution in [0.1, 0.15) is 22.2 Å². The van der Waals surface area contributed by atoms with Gasteiger partial charge < -0.3 is 10.6 Å². The Kier molecular flexibility index (Phi) is 9.55. The summed E-state index contributed by atoms with van der Waals surface area (Å²) < 4.78 is 25.8. The third-order valence-electron chi connectivity index (χ3n) is 3.49. The number of guanidine groups is 1. The molecule has 26 heavy (non-hydrogen) atoms. The molecule has 2 rings (SSSR count). The maximum atomic E-state index is 11.7. The zero-order valence-electron chi connectivity index (χ0n) is 15.1. The second-order valence-electron chi connectivity index (χ2n) is 5.41. The summed E-state index contributed by atoms with van der Waals surface area (Å²) in [4.78, 5) is 7.34. The van der Waals surface area contributed by atoms with Crippen LogP contribution in [0.15, 0.2) is 46.3 Å². The van der Waals surface area contributed by atoms with Gasteiger partial charge in [0.15, 0.2) is 5.96 Å². The van der Waals surface area contributed by atoms with Gasteiger partial charge in [0.2, 0.25) is 10.0 Å². The van der Waals surface area contributed by atoms with E-state index in [1.807, 2.05) is 6.92 Å². The Balaban J connectivity index is 0.00000338. The molecule has 1 aromatic carbocycles. The van der Waals surface area contributed by atoms with Crippen LogP contribution in [0, 0.1) is 6.92 Å². The number of nitrogens with zero attached hydrogens (tertiary/aromatic N) is 1. The van der Waals surface area contributed by atoms with Crippen molar-refractivity contribution in [3.05, 3.63) is 51.7 Å². The lowest BCUT2D eigenvalue weighted by Crippen LogP contribution is -2.36. The molecule has 2 aromatic rings. The number of thiophene rings is 1. The molecule has 3 N–H and O–H groups in total. The van der Waals surface area contributed by atoms with E-state index in [4.69, 9.17) is 0 Å². The highest BCUT2D eigenvalue weighted by atomic mass is 127. The van der Waals surface area contributed by atoms with E-state index in [2.05, 4.69) is 39.4 Å². The molecule has 6 nitrogen and oxygen atoms in total. The van der Waals surface area contributed by atoms with E-state index in [-0.39, 0.29) is 28.9 Å². The minimum Gasteiger partial charge on any atom is -0.357 e. The van der Waals surface area contributed by atoms with Crippen LogP contribution in [0.3, 0.4) is 0 Å². The fraction of sp³-hybridized carbons (Fsp3) is 0.353. The Hall–Kier alpha value is -1.17. The number of benzene rings is 1. The minimum atomic E-state index is -3.40. The van der Waals surface area contributed by atoms with Gasteiger partial charge in [-0.15, -0.1) is 35.3 Å². The number of nitrogens with one attached hydrogen (secondary N) is 3. The van der Waals surface area contributed by atoms with Crippen LogP contribution < -0.4 is 15.4 Å². The second-order valence-corrected chi connectivity index (χ2v) is 8.67. The Morgan fingerprint density at radius 1 is 1.12 bits per heavy atom. The van der Waals surface area contributed by atoms with Gasteiger partial charge in [0, 0.05) is 16.3 Å². The molecular weight excluding hydrogens is 483 g/mol. The number of hydrogen-bond acceptors (Lipinski definition) is 4. The Bertz CT molecular complexity index is 818. The van der Waals surface area contributed by atoms with E-state index >= 15 is 0 Å². The first-order chi connectivity index (χ1) is 11.9. The molecule has 0 spiro atoms. The lowest BCUT2D eigenvalue weighted by molar-refractivity contribution is 0.588. The normalized spacial score (nSPS) is 11.7. The van der Waals surface area contributed by atoms with Crippen molar-refractivity contribution in [2.45, 2.75) is 31.8 Å². The molecule has 1 aromatic heterocycles. The van der Waals surface area contributed by atoms with Crippen LogP contribution in [0.5, 0.6) is 0 Å².